The van der Waals surface area contributed by atoms with Crippen molar-refractivity contribution in [2.24, 2.45) is 11.7 Å². The van der Waals surface area contributed by atoms with Crippen LogP contribution >= 0.6 is 0 Å². The van der Waals surface area contributed by atoms with E-state index in [2.05, 4.69) is 4.98 Å². The van der Waals surface area contributed by atoms with Gasteiger partial charge in [0.2, 0.25) is 0 Å². The van der Waals surface area contributed by atoms with Gasteiger partial charge in [0.05, 0.1) is 11.3 Å². The molecule has 1 aliphatic rings. The third-order valence-electron chi connectivity index (χ3n) is 3.99. The molecule has 2 rings (SSSR count). The molecule has 4 nitrogen and oxygen atoms in total. The minimum Gasteiger partial charge on any atom is -0.478 e. The fourth-order valence-corrected chi connectivity index (χ4v) is 2.86. The third-order valence-corrected chi connectivity index (χ3v) is 3.99. The summed E-state index contributed by atoms with van der Waals surface area (Å²) < 4.78 is 0. The van der Waals surface area contributed by atoms with Crippen LogP contribution in [-0.4, -0.2) is 16.1 Å². The van der Waals surface area contributed by atoms with Crippen LogP contribution in [0.2, 0.25) is 0 Å². The van der Waals surface area contributed by atoms with Crippen molar-refractivity contribution >= 4 is 5.97 Å². The van der Waals surface area contributed by atoms with E-state index in [1.54, 1.807) is 6.07 Å². The number of aromatic nitrogens is 1. The highest BCUT2D eigenvalue weighted by Crippen LogP contribution is 2.27. The largest absolute Gasteiger partial charge is 0.478 e. The highest BCUT2D eigenvalue weighted by atomic mass is 16.4. The fraction of sp³-hybridized carbons (Fsp3) is 0.600. The van der Waals surface area contributed by atoms with Gasteiger partial charge in [-0.25, -0.2) is 4.79 Å². The zero-order chi connectivity index (χ0) is 13.7. The Labute approximate surface area is 114 Å². The van der Waals surface area contributed by atoms with Crippen molar-refractivity contribution in [2.75, 3.05) is 0 Å². The van der Waals surface area contributed by atoms with Gasteiger partial charge in [0, 0.05) is 12.2 Å². The summed E-state index contributed by atoms with van der Waals surface area (Å²) in [5, 5.41) is 9.03. The van der Waals surface area contributed by atoms with E-state index in [0.717, 1.165) is 24.5 Å². The molecular formula is C15H22N2O2. The predicted molar refractivity (Wildman–Crippen MR) is 74.0 cm³/mol. The summed E-state index contributed by atoms with van der Waals surface area (Å²) in [6.45, 7) is 0.179. The maximum atomic E-state index is 11.0. The molecule has 104 valence electrons. The average Bonchev–Trinajstić information content (AvgIpc) is 2.45. The fourth-order valence-electron chi connectivity index (χ4n) is 2.86. The Bertz CT molecular complexity index is 440. The Morgan fingerprint density at radius 3 is 2.68 bits per heavy atom. The lowest BCUT2D eigenvalue weighted by Crippen LogP contribution is -2.12. The maximum absolute atomic E-state index is 11.0. The van der Waals surface area contributed by atoms with Crippen molar-refractivity contribution in [1.82, 2.24) is 4.98 Å². The molecule has 1 aromatic rings. The molecule has 19 heavy (non-hydrogen) atoms. The lowest BCUT2D eigenvalue weighted by atomic mass is 9.86. The van der Waals surface area contributed by atoms with Gasteiger partial charge < -0.3 is 10.8 Å². The van der Waals surface area contributed by atoms with Gasteiger partial charge in [-0.1, -0.05) is 32.1 Å². The van der Waals surface area contributed by atoms with Gasteiger partial charge in [-0.2, -0.15) is 0 Å². The first-order valence-corrected chi connectivity index (χ1v) is 7.13. The van der Waals surface area contributed by atoms with Crippen molar-refractivity contribution in [3.05, 3.63) is 29.1 Å². The third kappa shape index (κ3) is 3.77. The van der Waals surface area contributed by atoms with E-state index in [4.69, 9.17) is 10.8 Å². The molecule has 0 aromatic carbocycles. The SMILES string of the molecule is NCc1nc(CCC2CCCCC2)ccc1C(=O)O. The number of nitrogens with zero attached hydrogens (tertiary/aromatic N) is 1. The molecule has 1 saturated carbocycles. The number of aryl methyl sites for hydroxylation is 1. The van der Waals surface area contributed by atoms with Crippen molar-refractivity contribution < 1.29 is 9.90 Å². The van der Waals surface area contributed by atoms with Gasteiger partial charge in [0.1, 0.15) is 0 Å². The van der Waals surface area contributed by atoms with Crippen LogP contribution in [0.1, 0.15) is 60.3 Å². The molecule has 1 fully saturated rings. The molecule has 0 atom stereocenters. The molecule has 0 unspecified atom stereocenters. The quantitative estimate of drug-likeness (QED) is 0.855. The average molecular weight is 262 g/mol. The molecular weight excluding hydrogens is 240 g/mol. The number of rotatable bonds is 5. The van der Waals surface area contributed by atoms with Crippen LogP contribution in [0.4, 0.5) is 0 Å². The van der Waals surface area contributed by atoms with Crippen LogP contribution in [-0.2, 0) is 13.0 Å². The van der Waals surface area contributed by atoms with Gasteiger partial charge in [0.25, 0.3) is 0 Å². The van der Waals surface area contributed by atoms with E-state index in [1.165, 1.54) is 32.1 Å². The summed E-state index contributed by atoms with van der Waals surface area (Å²) in [6.07, 6.45) is 8.82. The molecule has 0 spiro atoms. The summed E-state index contributed by atoms with van der Waals surface area (Å²) >= 11 is 0. The monoisotopic (exact) mass is 262 g/mol. The number of carbonyl (C=O) groups is 1. The number of nitrogens with two attached hydrogens (primary N) is 1. The zero-order valence-corrected chi connectivity index (χ0v) is 11.3. The minimum atomic E-state index is -0.952. The molecule has 0 aliphatic heterocycles. The van der Waals surface area contributed by atoms with Crippen molar-refractivity contribution in [3.8, 4) is 0 Å². The molecule has 4 heteroatoms. The van der Waals surface area contributed by atoms with E-state index < -0.39 is 5.97 Å². The highest BCUT2D eigenvalue weighted by molar-refractivity contribution is 5.88. The second-order valence-corrected chi connectivity index (χ2v) is 5.35. The molecule has 0 bridgehead atoms. The van der Waals surface area contributed by atoms with Crippen LogP contribution in [0, 0.1) is 5.92 Å². The second kappa shape index (κ2) is 6.66. The molecule has 1 aliphatic carbocycles. The second-order valence-electron chi connectivity index (χ2n) is 5.35. The van der Waals surface area contributed by atoms with Gasteiger partial charge in [0.15, 0.2) is 0 Å². The Kier molecular flexibility index (Phi) is 4.91. The summed E-state index contributed by atoms with van der Waals surface area (Å²) in [5.74, 6) is -0.136. The van der Waals surface area contributed by atoms with Gasteiger partial charge in [-0.3, -0.25) is 4.98 Å². The molecule has 1 heterocycles. The van der Waals surface area contributed by atoms with Crippen LogP contribution in [0.3, 0.4) is 0 Å². The zero-order valence-electron chi connectivity index (χ0n) is 11.3. The minimum absolute atomic E-state index is 0.179. The number of carboxylic acids is 1. The van der Waals surface area contributed by atoms with Crippen LogP contribution in [0.25, 0.3) is 0 Å². The van der Waals surface area contributed by atoms with E-state index in [1.807, 2.05) is 6.07 Å². The lowest BCUT2D eigenvalue weighted by molar-refractivity contribution is 0.0695. The Balaban J connectivity index is 1.98. The number of hydrogen-bond acceptors (Lipinski definition) is 3. The first-order chi connectivity index (χ1) is 9.20. The van der Waals surface area contributed by atoms with E-state index in [0.29, 0.717) is 5.69 Å². The molecule has 3 N–H and O–H groups in total. The standard InChI is InChI=1S/C15H22N2O2/c16-10-14-13(15(18)19)9-8-12(17-14)7-6-11-4-2-1-3-5-11/h8-9,11H,1-7,10,16H2,(H,18,19). The van der Waals surface area contributed by atoms with Gasteiger partial charge >= 0.3 is 5.97 Å². The lowest BCUT2D eigenvalue weighted by Gasteiger charge is -2.21. The number of aromatic carboxylic acids is 1. The van der Waals surface area contributed by atoms with E-state index in [9.17, 15) is 4.79 Å². The van der Waals surface area contributed by atoms with E-state index >= 15 is 0 Å². The van der Waals surface area contributed by atoms with Crippen LogP contribution < -0.4 is 5.73 Å². The van der Waals surface area contributed by atoms with Crippen LogP contribution in [0.15, 0.2) is 12.1 Å². The summed E-state index contributed by atoms with van der Waals surface area (Å²) in [6, 6.07) is 3.46. The first-order valence-electron chi connectivity index (χ1n) is 7.13. The number of pyridine rings is 1. The van der Waals surface area contributed by atoms with Crippen molar-refractivity contribution in [1.29, 1.82) is 0 Å². The highest BCUT2D eigenvalue weighted by Gasteiger charge is 2.15. The maximum Gasteiger partial charge on any atom is 0.337 e. The Morgan fingerprint density at radius 2 is 2.05 bits per heavy atom. The molecule has 0 radical (unpaired) electrons. The van der Waals surface area contributed by atoms with Crippen molar-refractivity contribution in [2.45, 2.75) is 51.5 Å². The molecule has 1 aromatic heterocycles. The normalized spacial score (nSPS) is 16.5. The first kappa shape index (κ1) is 14.0. The summed E-state index contributed by atoms with van der Waals surface area (Å²) in [4.78, 5) is 15.4. The topological polar surface area (TPSA) is 76.2 Å². The van der Waals surface area contributed by atoms with Gasteiger partial charge in [-0.15, -0.1) is 0 Å². The molecule has 0 amide bonds. The smallest absolute Gasteiger partial charge is 0.337 e. The van der Waals surface area contributed by atoms with Crippen molar-refractivity contribution in [3.63, 3.8) is 0 Å². The van der Waals surface area contributed by atoms with Crippen LogP contribution in [0.5, 0.6) is 0 Å². The summed E-state index contributed by atoms with van der Waals surface area (Å²) in [7, 11) is 0. The molecule has 0 saturated heterocycles. The Hall–Kier alpha value is -1.42. The number of hydrogen-bond donors (Lipinski definition) is 2. The Morgan fingerprint density at radius 1 is 1.32 bits per heavy atom. The number of carboxylic acid groups (broad SMARTS) is 1. The van der Waals surface area contributed by atoms with E-state index in [-0.39, 0.29) is 12.1 Å². The van der Waals surface area contributed by atoms with Gasteiger partial charge in [-0.05, 0) is 30.9 Å². The predicted octanol–water partition coefficient (Wildman–Crippen LogP) is 2.75. The summed E-state index contributed by atoms with van der Waals surface area (Å²) in [5.41, 5.74) is 7.26.